The van der Waals surface area contributed by atoms with Crippen molar-refractivity contribution in [1.29, 1.82) is 0 Å². The summed E-state index contributed by atoms with van der Waals surface area (Å²) in [5, 5.41) is 3.73. The van der Waals surface area contributed by atoms with Crippen LogP contribution < -0.4 is 5.32 Å². The minimum absolute atomic E-state index is 0.278. The molecule has 1 aromatic carbocycles. The lowest BCUT2D eigenvalue weighted by Gasteiger charge is -2.08. The van der Waals surface area contributed by atoms with E-state index < -0.39 is 0 Å². The molecule has 112 valence electrons. The topological polar surface area (TPSA) is 46.4 Å². The molecule has 3 aromatic rings. The summed E-state index contributed by atoms with van der Waals surface area (Å²) in [5.74, 6) is -0.278. The number of hydrogen-bond donors (Lipinski definition) is 1. The number of carbonyl (C=O) groups excluding carboxylic acids is 1. The normalized spacial score (nSPS) is 10.9. The highest BCUT2D eigenvalue weighted by Gasteiger charge is 2.18. The molecule has 0 radical (unpaired) electrons. The zero-order chi connectivity index (χ0) is 15.9. The molecule has 0 atom stereocenters. The van der Waals surface area contributed by atoms with Crippen LogP contribution in [0.5, 0.6) is 0 Å². The second-order valence-electron chi connectivity index (χ2n) is 5.01. The number of aryl methyl sites for hydroxylation is 2. The Bertz CT molecular complexity index is 886. The average Bonchev–Trinajstić information content (AvgIpc) is 2.80. The van der Waals surface area contributed by atoms with E-state index in [0.717, 1.165) is 11.2 Å². The molecule has 6 heteroatoms. The molecule has 0 aliphatic rings. The number of nitrogens with zero attached hydrogens (tertiary/aromatic N) is 2. The Kier molecular flexibility index (Phi) is 3.81. The number of hydrogen-bond acceptors (Lipinski definition) is 2. The minimum atomic E-state index is -0.278. The highest BCUT2D eigenvalue weighted by atomic mass is 35.5. The van der Waals surface area contributed by atoms with Crippen molar-refractivity contribution in [2.45, 2.75) is 13.8 Å². The summed E-state index contributed by atoms with van der Waals surface area (Å²) in [6.45, 7) is 3.76. The van der Waals surface area contributed by atoms with E-state index in [2.05, 4.69) is 10.3 Å². The zero-order valence-electron chi connectivity index (χ0n) is 12.0. The Labute approximate surface area is 137 Å². The van der Waals surface area contributed by atoms with Crippen LogP contribution in [-0.4, -0.2) is 15.3 Å². The standard InChI is InChI=1S/C16H13Cl2N3O/c1-9-4-3-7-21-14(10(2)19-15(9)21)16(22)20-13-8-11(17)5-6-12(13)18/h3-8H,1-2H3,(H,20,22). The van der Waals surface area contributed by atoms with Gasteiger partial charge in [0, 0.05) is 11.2 Å². The van der Waals surface area contributed by atoms with Gasteiger partial charge in [0.2, 0.25) is 0 Å². The summed E-state index contributed by atoms with van der Waals surface area (Å²) < 4.78 is 1.78. The number of aromatic nitrogens is 2. The summed E-state index contributed by atoms with van der Waals surface area (Å²) in [5.41, 5.74) is 3.38. The Balaban J connectivity index is 2.04. The summed E-state index contributed by atoms with van der Waals surface area (Å²) in [6.07, 6.45) is 1.82. The Morgan fingerprint density at radius 3 is 2.77 bits per heavy atom. The molecular formula is C16H13Cl2N3O. The molecule has 0 saturated carbocycles. The van der Waals surface area contributed by atoms with Gasteiger partial charge in [-0.3, -0.25) is 9.20 Å². The van der Waals surface area contributed by atoms with E-state index in [1.54, 1.807) is 29.5 Å². The van der Waals surface area contributed by atoms with Gasteiger partial charge in [0.15, 0.2) is 0 Å². The van der Waals surface area contributed by atoms with Gasteiger partial charge in [-0.1, -0.05) is 29.3 Å². The number of pyridine rings is 1. The molecule has 0 fully saturated rings. The van der Waals surface area contributed by atoms with E-state index in [4.69, 9.17) is 23.2 Å². The lowest BCUT2D eigenvalue weighted by Crippen LogP contribution is -2.16. The molecule has 2 aromatic heterocycles. The molecule has 2 heterocycles. The number of nitrogens with one attached hydrogen (secondary N) is 1. The molecular weight excluding hydrogens is 321 g/mol. The van der Waals surface area contributed by atoms with Gasteiger partial charge >= 0.3 is 0 Å². The molecule has 1 N–H and O–H groups in total. The third-order valence-electron chi connectivity index (χ3n) is 3.41. The number of benzene rings is 1. The maximum atomic E-state index is 12.6. The van der Waals surface area contributed by atoms with Crippen LogP contribution in [0.25, 0.3) is 5.65 Å². The van der Waals surface area contributed by atoms with Crippen molar-refractivity contribution in [3.63, 3.8) is 0 Å². The monoisotopic (exact) mass is 333 g/mol. The summed E-state index contributed by atoms with van der Waals surface area (Å²) in [4.78, 5) is 17.1. The van der Waals surface area contributed by atoms with Crippen molar-refractivity contribution in [3.05, 3.63) is 63.5 Å². The van der Waals surface area contributed by atoms with Crippen molar-refractivity contribution in [2.75, 3.05) is 5.32 Å². The first kappa shape index (κ1) is 14.9. The number of carbonyl (C=O) groups is 1. The first-order chi connectivity index (χ1) is 10.5. The highest BCUT2D eigenvalue weighted by Crippen LogP contribution is 2.26. The molecule has 0 aliphatic carbocycles. The van der Waals surface area contributed by atoms with Gasteiger partial charge in [-0.15, -0.1) is 0 Å². The minimum Gasteiger partial charge on any atom is -0.319 e. The molecule has 1 amide bonds. The van der Waals surface area contributed by atoms with Gasteiger partial charge in [-0.2, -0.15) is 0 Å². The molecule has 0 unspecified atom stereocenters. The predicted molar refractivity (Wildman–Crippen MR) is 89.1 cm³/mol. The van der Waals surface area contributed by atoms with Crippen molar-refractivity contribution in [2.24, 2.45) is 0 Å². The summed E-state index contributed by atoms with van der Waals surface area (Å²) in [6, 6.07) is 8.77. The Hall–Kier alpha value is -2.04. The van der Waals surface area contributed by atoms with E-state index in [1.165, 1.54) is 0 Å². The molecule has 4 nitrogen and oxygen atoms in total. The van der Waals surface area contributed by atoms with E-state index in [0.29, 0.717) is 27.1 Å². The van der Waals surface area contributed by atoms with Gasteiger partial charge in [0.25, 0.3) is 5.91 Å². The lowest BCUT2D eigenvalue weighted by atomic mass is 10.2. The molecule has 0 spiro atoms. The molecule has 0 bridgehead atoms. The predicted octanol–water partition coefficient (Wildman–Crippen LogP) is 4.51. The number of fused-ring (bicyclic) bond motifs is 1. The molecule has 22 heavy (non-hydrogen) atoms. The van der Waals surface area contributed by atoms with Crippen LogP contribution in [0, 0.1) is 13.8 Å². The highest BCUT2D eigenvalue weighted by molar-refractivity contribution is 6.35. The SMILES string of the molecule is Cc1nc2c(C)cccn2c1C(=O)Nc1cc(Cl)ccc1Cl. The fourth-order valence-corrected chi connectivity index (χ4v) is 2.70. The van der Waals surface area contributed by atoms with Crippen LogP contribution in [0.2, 0.25) is 10.0 Å². The molecule has 0 aliphatic heterocycles. The number of amides is 1. The van der Waals surface area contributed by atoms with E-state index in [1.807, 2.05) is 25.3 Å². The Morgan fingerprint density at radius 2 is 2.00 bits per heavy atom. The molecule has 3 rings (SSSR count). The number of imidazole rings is 1. The third-order valence-corrected chi connectivity index (χ3v) is 3.98. The fraction of sp³-hybridized carbons (Fsp3) is 0.125. The van der Waals surface area contributed by atoms with Crippen LogP contribution in [0.15, 0.2) is 36.5 Å². The average molecular weight is 334 g/mol. The van der Waals surface area contributed by atoms with Crippen molar-refractivity contribution in [1.82, 2.24) is 9.38 Å². The van der Waals surface area contributed by atoms with Gasteiger partial charge in [0.1, 0.15) is 11.3 Å². The second kappa shape index (κ2) is 5.63. The Morgan fingerprint density at radius 1 is 1.23 bits per heavy atom. The van der Waals surface area contributed by atoms with Gasteiger partial charge < -0.3 is 5.32 Å². The largest absolute Gasteiger partial charge is 0.319 e. The van der Waals surface area contributed by atoms with Crippen LogP contribution in [0.4, 0.5) is 5.69 Å². The van der Waals surface area contributed by atoms with E-state index in [9.17, 15) is 4.79 Å². The molecule has 0 saturated heterocycles. The van der Waals surface area contributed by atoms with Crippen LogP contribution >= 0.6 is 23.2 Å². The van der Waals surface area contributed by atoms with Crippen molar-refractivity contribution in [3.8, 4) is 0 Å². The lowest BCUT2D eigenvalue weighted by molar-refractivity contribution is 0.102. The quantitative estimate of drug-likeness (QED) is 0.749. The van der Waals surface area contributed by atoms with Crippen LogP contribution in [0.1, 0.15) is 21.7 Å². The smallest absolute Gasteiger partial charge is 0.274 e. The maximum absolute atomic E-state index is 12.6. The van der Waals surface area contributed by atoms with E-state index in [-0.39, 0.29) is 5.91 Å². The summed E-state index contributed by atoms with van der Waals surface area (Å²) >= 11 is 12.0. The third kappa shape index (κ3) is 2.56. The van der Waals surface area contributed by atoms with Crippen LogP contribution in [-0.2, 0) is 0 Å². The summed E-state index contributed by atoms with van der Waals surface area (Å²) in [7, 11) is 0. The first-order valence-electron chi connectivity index (χ1n) is 6.68. The maximum Gasteiger partial charge on any atom is 0.274 e. The first-order valence-corrected chi connectivity index (χ1v) is 7.43. The van der Waals surface area contributed by atoms with Gasteiger partial charge in [-0.25, -0.2) is 4.98 Å². The second-order valence-corrected chi connectivity index (χ2v) is 5.85. The van der Waals surface area contributed by atoms with Crippen molar-refractivity contribution >= 4 is 40.4 Å². The zero-order valence-corrected chi connectivity index (χ0v) is 13.5. The van der Waals surface area contributed by atoms with Gasteiger partial charge in [-0.05, 0) is 43.7 Å². The number of anilines is 1. The number of halogens is 2. The van der Waals surface area contributed by atoms with Crippen molar-refractivity contribution < 1.29 is 4.79 Å². The van der Waals surface area contributed by atoms with E-state index >= 15 is 0 Å². The van der Waals surface area contributed by atoms with Gasteiger partial charge in [0.05, 0.1) is 16.4 Å². The number of rotatable bonds is 2. The fourth-order valence-electron chi connectivity index (χ4n) is 2.37. The van der Waals surface area contributed by atoms with Crippen LogP contribution in [0.3, 0.4) is 0 Å².